The van der Waals surface area contributed by atoms with Crippen LogP contribution < -0.4 is 10.6 Å². The maximum Gasteiger partial charge on any atom is 0.191 e. The molecule has 0 saturated carbocycles. The van der Waals surface area contributed by atoms with Crippen LogP contribution in [0.1, 0.15) is 36.4 Å². The normalized spacial score (nSPS) is 11.2. The fourth-order valence-corrected chi connectivity index (χ4v) is 2.58. The summed E-state index contributed by atoms with van der Waals surface area (Å²) in [6.45, 7) is 5.03. The lowest BCUT2D eigenvalue weighted by molar-refractivity contribution is 0.380. The maximum absolute atomic E-state index is 13.6. The number of aryl methyl sites for hydroxylation is 2. The Labute approximate surface area is 169 Å². The molecule has 0 aliphatic carbocycles. The highest BCUT2D eigenvalue weighted by atomic mass is 127. The molecule has 0 bridgehead atoms. The van der Waals surface area contributed by atoms with Gasteiger partial charge in [0, 0.05) is 32.1 Å². The molecule has 0 radical (unpaired) electrons. The molecule has 0 aliphatic rings. The number of nitrogens with zero attached hydrogens (tertiary/aromatic N) is 2. The summed E-state index contributed by atoms with van der Waals surface area (Å²) in [5.74, 6) is 0.602. The molecule has 0 unspecified atom stereocenters. The van der Waals surface area contributed by atoms with E-state index in [4.69, 9.17) is 4.52 Å². The first kappa shape index (κ1) is 22.3. The lowest BCUT2D eigenvalue weighted by Crippen LogP contribution is -2.38. The van der Waals surface area contributed by atoms with Crippen molar-refractivity contribution in [3.05, 3.63) is 52.4 Å². The first-order valence-electron chi connectivity index (χ1n) is 8.43. The maximum atomic E-state index is 13.6. The van der Waals surface area contributed by atoms with Crippen LogP contribution in [0.5, 0.6) is 0 Å². The smallest absolute Gasteiger partial charge is 0.191 e. The van der Waals surface area contributed by atoms with Gasteiger partial charge in [-0.1, -0.05) is 19.0 Å². The van der Waals surface area contributed by atoms with Gasteiger partial charge in [-0.3, -0.25) is 4.99 Å². The highest BCUT2D eigenvalue weighted by Gasteiger charge is 2.13. The molecule has 0 fully saturated rings. The third-order valence-corrected chi connectivity index (χ3v) is 3.96. The van der Waals surface area contributed by atoms with Gasteiger partial charge in [-0.05, 0) is 36.6 Å². The Bertz CT molecular complexity index is 712. The summed E-state index contributed by atoms with van der Waals surface area (Å²) in [6.07, 6.45) is 1.93. The number of hydrogen-bond donors (Lipinski definition) is 2. The minimum absolute atomic E-state index is 0. The number of aliphatic imine (C=N–C) groups is 1. The van der Waals surface area contributed by atoms with Gasteiger partial charge in [-0.25, -0.2) is 8.78 Å². The lowest BCUT2D eigenvalue weighted by Gasteiger charge is -2.12. The predicted octanol–water partition coefficient (Wildman–Crippen LogP) is 3.60. The first-order chi connectivity index (χ1) is 12.1. The highest BCUT2D eigenvalue weighted by molar-refractivity contribution is 14.0. The van der Waals surface area contributed by atoms with Crippen molar-refractivity contribution in [3.63, 3.8) is 0 Å². The molecule has 1 aromatic heterocycles. The molecule has 0 saturated heterocycles. The molecule has 2 aromatic rings. The van der Waals surface area contributed by atoms with Crippen molar-refractivity contribution in [2.45, 2.75) is 39.7 Å². The van der Waals surface area contributed by atoms with Crippen molar-refractivity contribution in [1.29, 1.82) is 0 Å². The fourth-order valence-electron chi connectivity index (χ4n) is 2.58. The van der Waals surface area contributed by atoms with E-state index in [-0.39, 0.29) is 24.0 Å². The number of benzene rings is 1. The summed E-state index contributed by atoms with van der Waals surface area (Å²) in [6, 6.07) is 3.47. The van der Waals surface area contributed by atoms with Crippen molar-refractivity contribution in [2.75, 3.05) is 13.6 Å². The molecule has 8 heteroatoms. The molecule has 2 rings (SSSR count). The molecule has 26 heavy (non-hydrogen) atoms. The Morgan fingerprint density at radius 1 is 1.19 bits per heavy atom. The van der Waals surface area contributed by atoms with Crippen LogP contribution in [0.3, 0.4) is 0 Å². The van der Waals surface area contributed by atoms with E-state index in [1.54, 1.807) is 7.05 Å². The van der Waals surface area contributed by atoms with Gasteiger partial charge in [0.05, 0.1) is 5.69 Å². The quantitative estimate of drug-likeness (QED) is 0.363. The van der Waals surface area contributed by atoms with E-state index < -0.39 is 11.6 Å². The molecule has 1 heterocycles. The molecule has 0 spiro atoms. The lowest BCUT2D eigenvalue weighted by atomic mass is 10.1. The number of guanidine groups is 1. The van der Waals surface area contributed by atoms with E-state index in [9.17, 15) is 8.78 Å². The number of rotatable bonds is 7. The zero-order chi connectivity index (χ0) is 18.2. The zero-order valence-electron chi connectivity index (χ0n) is 15.2. The van der Waals surface area contributed by atoms with Gasteiger partial charge < -0.3 is 15.2 Å². The molecular weight excluding hydrogens is 453 g/mol. The second-order valence-electron chi connectivity index (χ2n) is 5.58. The van der Waals surface area contributed by atoms with Crippen LogP contribution in [0.25, 0.3) is 0 Å². The summed E-state index contributed by atoms with van der Waals surface area (Å²) in [7, 11) is 1.66. The minimum atomic E-state index is -0.439. The van der Waals surface area contributed by atoms with E-state index in [1.807, 2.05) is 13.8 Å². The average Bonchev–Trinajstić information content (AvgIpc) is 3.02. The zero-order valence-corrected chi connectivity index (χ0v) is 17.6. The first-order valence-corrected chi connectivity index (χ1v) is 8.43. The minimum Gasteiger partial charge on any atom is -0.361 e. The molecular formula is C18H25F2IN4O. The fraction of sp³-hybridized carbons (Fsp3) is 0.444. The summed E-state index contributed by atoms with van der Waals surface area (Å²) < 4.78 is 32.1. The van der Waals surface area contributed by atoms with E-state index >= 15 is 0 Å². The van der Waals surface area contributed by atoms with Crippen LogP contribution in [-0.4, -0.2) is 24.7 Å². The largest absolute Gasteiger partial charge is 0.361 e. The molecule has 2 N–H and O–H groups in total. The Hall–Kier alpha value is -1.71. The van der Waals surface area contributed by atoms with E-state index in [0.29, 0.717) is 31.0 Å². The number of halogens is 3. The molecule has 0 atom stereocenters. The number of aromatic nitrogens is 1. The van der Waals surface area contributed by atoms with Crippen LogP contribution in [0.2, 0.25) is 0 Å². The third kappa shape index (κ3) is 5.93. The van der Waals surface area contributed by atoms with E-state index in [1.165, 1.54) is 6.07 Å². The van der Waals surface area contributed by atoms with Gasteiger partial charge in [-0.15, -0.1) is 24.0 Å². The van der Waals surface area contributed by atoms with Gasteiger partial charge in [0.1, 0.15) is 17.4 Å². The van der Waals surface area contributed by atoms with Gasteiger partial charge in [0.15, 0.2) is 5.96 Å². The number of hydrogen-bond acceptors (Lipinski definition) is 3. The van der Waals surface area contributed by atoms with Crippen molar-refractivity contribution in [3.8, 4) is 0 Å². The summed E-state index contributed by atoms with van der Waals surface area (Å²) in [5, 5.41) is 10.4. The van der Waals surface area contributed by atoms with E-state index in [2.05, 4.69) is 20.8 Å². The van der Waals surface area contributed by atoms with Crippen LogP contribution in [0.4, 0.5) is 8.78 Å². The van der Waals surface area contributed by atoms with Gasteiger partial charge in [0.2, 0.25) is 0 Å². The summed E-state index contributed by atoms with van der Waals surface area (Å²) in [4.78, 5) is 4.15. The van der Waals surface area contributed by atoms with Gasteiger partial charge >= 0.3 is 0 Å². The van der Waals surface area contributed by atoms with Crippen LogP contribution in [0, 0.1) is 11.6 Å². The van der Waals surface area contributed by atoms with Gasteiger partial charge in [0.25, 0.3) is 0 Å². The molecule has 144 valence electrons. The number of nitrogens with one attached hydrogen (secondary N) is 2. The summed E-state index contributed by atoms with van der Waals surface area (Å²) >= 11 is 0. The molecule has 5 nitrogen and oxygen atoms in total. The van der Waals surface area contributed by atoms with Crippen molar-refractivity contribution in [1.82, 2.24) is 15.8 Å². The molecule has 1 aromatic carbocycles. The van der Waals surface area contributed by atoms with Crippen LogP contribution in [0.15, 0.2) is 27.7 Å². The van der Waals surface area contributed by atoms with Crippen molar-refractivity contribution in [2.24, 2.45) is 4.99 Å². The summed E-state index contributed by atoms with van der Waals surface area (Å²) in [5.41, 5.74) is 2.31. The Morgan fingerprint density at radius 2 is 1.96 bits per heavy atom. The molecule has 0 aliphatic heterocycles. The topological polar surface area (TPSA) is 62.5 Å². The van der Waals surface area contributed by atoms with Crippen LogP contribution >= 0.6 is 24.0 Å². The standard InChI is InChI=1S/C18H24F2N4O.HI/c1-4-16-14(17(5-2)25-24-16)11-23-18(21-3)22-9-8-12-10-13(19)6-7-15(12)20;/h6-7,10H,4-5,8-9,11H2,1-3H3,(H2,21,22,23);1H. The van der Waals surface area contributed by atoms with Gasteiger partial charge in [-0.2, -0.15) is 0 Å². The Kier molecular flexibility index (Phi) is 9.53. The molecule has 0 amide bonds. The van der Waals surface area contributed by atoms with E-state index in [0.717, 1.165) is 42.0 Å². The highest BCUT2D eigenvalue weighted by Crippen LogP contribution is 2.15. The third-order valence-electron chi connectivity index (χ3n) is 3.96. The van der Waals surface area contributed by atoms with Crippen molar-refractivity contribution >= 4 is 29.9 Å². The monoisotopic (exact) mass is 478 g/mol. The second-order valence-corrected chi connectivity index (χ2v) is 5.58. The van der Waals surface area contributed by atoms with Crippen molar-refractivity contribution < 1.29 is 13.3 Å². The Balaban J connectivity index is 0.00000338. The SMILES string of the molecule is CCc1noc(CC)c1CNC(=NC)NCCc1cc(F)ccc1F.I. The average molecular weight is 478 g/mol. The predicted molar refractivity (Wildman–Crippen MR) is 109 cm³/mol. The Morgan fingerprint density at radius 3 is 2.62 bits per heavy atom. The van der Waals surface area contributed by atoms with Crippen LogP contribution in [-0.2, 0) is 25.8 Å². The second kappa shape index (κ2) is 11.1.